The topological polar surface area (TPSA) is 42.2 Å². The van der Waals surface area contributed by atoms with Gasteiger partial charge in [0.05, 0.1) is 28.3 Å². The summed E-state index contributed by atoms with van der Waals surface area (Å²) in [6, 6.07) is 41.5. The predicted molar refractivity (Wildman–Crippen MR) is 200 cm³/mol. The summed E-state index contributed by atoms with van der Waals surface area (Å²) in [5.41, 5.74) is 5.48. The van der Waals surface area contributed by atoms with Gasteiger partial charge in [0.25, 0.3) is 0 Å². The smallest absolute Gasteiger partial charge is 0.416 e. The number of nitriles is 1. The number of ether oxygens (including phenoxy) is 2. The molecule has 53 heavy (non-hydrogen) atoms. The van der Waals surface area contributed by atoms with Gasteiger partial charge in [-0.05, 0) is 106 Å². The van der Waals surface area contributed by atoms with Crippen LogP contribution in [0.4, 0.5) is 13.2 Å². The third kappa shape index (κ3) is 6.74. The molecule has 0 radical (unpaired) electrons. The SMILES string of the molecule is N#Cc1ccc(C#Cc2cc3cc(C#Cc4ccc(C(F)(F)F)cc4)ccc3c3c2OCOc2c(C#Cc4ccccc4)cc4ccccc4c2-3)cc1. The quantitative estimate of drug-likeness (QED) is 0.149. The Morgan fingerprint density at radius 2 is 0.962 bits per heavy atom. The van der Waals surface area contributed by atoms with Crippen LogP contribution in [0, 0.1) is 46.9 Å². The number of hydrogen-bond acceptors (Lipinski definition) is 3. The molecule has 1 heterocycles. The summed E-state index contributed by atoms with van der Waals surface area (Å²) in [4.78, 5) is 0. The summed E-state index contributed by atoms with van der Waals surface area (Å²) in [7, 11) is 0. The predicted octanol–water partition coefficient (Wildman–Crippen LogP) is 10.5. The highest BCUT2D eigenvalue weighted by molar-refractivity contribution is 6.12. The first-order valence-corrected chi connectivity index (χ1v) is 16.5. The van der Waals surface area contributed by atoms with E-state index in [2.05, 4.69) is 41.6 Å². The van der Waals surface area contributed by atoms with Crippen molar-refractivity contribution in [3.05, 3.63) is 178 Å². The van der Waals surface area contributed by atoms with Crippen LogP contribution in [0.5, 0.6) is 11.5 Å². The first kappa shape index (κ1) is 32.8. The summed E-state index contributed by atoms with van der Waals surface area (Å²) < 4.78 is 52.1. The van der Waals surface area contributed by atoms with Crippen molar-refractivity contribution in [1.82, 2.24) is 0 Å². The number of hydrogen-bond donors (Lipinski definition) is 0. The first-order valence-electron chi connectivity index (χ1n) is 16.5. The maximum absolute atomic E-state index is 13.1. The second kappa shape index (κ2) is 13.7. The van der Waals surface area contributed by atoms with Crippen LogP contribution in [0.2, 0.25) is 0 Å². The van der Waals surface area contributed by atoms with Gasteiger partial charge in [-0.1, -0.05) is 84.1 Å². The Labute approximate surface area is 303 Å². The number of nitrogens with zero attached hydrogens (tertiary/aromatic N) is 1. The Morgan fingerprint density at radius 1 is 0.472 bits per heavy atom. The Hall–Kier alpha value is -7.38. The minimum absolute atomic E-state index is 0.0773. The highest BCUT2D eigenvalue weighted by Crippen LogP contribution is 2.49. The van der Waals surface area contributed by atoms with Gasteiger partial charge >= 0.3 is 6.18 Å². The van der Waals surface area contributed by atoms with Crippen molar-refractivity contribution in [3.63, 3.8) is 0 Å². The molecule has 0 unspecified atom stereocenters. The minimum Gasteiger partial charge on any atom is -0.456 e. The van der Waals surface area contributed by atoms with Crippen LogP contribution in [-0.2, 0) is 6.18 Å². The maximum Gasteiger partial charge on any atom is 0.416 e. The van der Waals surface area contributed by atoms with E-state index in [9.17, 15) is 18.4 Å². The Balaban J connectivity index is 1.35. The largest absolute Gasteiger partial charge is 0.456 e. The van der Waals surface area contributed by atoms with Gasteiger partial charge in [-0.2, -0.15) is 18.4 Å². The van der Waals surface area contributed by atoms with Crippen molar-refractivity contribution in [3.8, 4) is 64.2 Å². The molecular weight excluding hydrogens is 668 g/mol. The average Bonchev–Trinajstić information content (AvgIpc) is 3.39. The number of halogens is 3. The summed E-state index contributed by atoms with van der Waals surface area (Å²) in [5, 5.41) is 12.9. The van der Waals surface area contributed by atoms with Crippen molar-refractivity contribution < 1.29 is 22.6 Å². The zero-order valence-corrected chi connectivity index (χ0v) is 27.8. The van der Waals surface area contributed by atoms with Gasteiger partial charge in [0.2, 0.25) is 6.79 Å². The van der Waals surface area contributed by atoms with Crippen LogP contribution in [0.3, 0.4) is 0 Å². The Kier molecular flexibility index (Phi) is 8.50. The molecule has 0 aliphatic carbocycles. The summed E-state index contributed by atoms with van der Waals surface area (Å²) in [5.74, 6) is 20.4. The lowest BCUT2D eigenvalue weighted by molar-refractivity contribution is -0.137. The first-order chi connectivity index (χ1) is 25.8. The average molecular weight is 692 g/mol. The van der Waals surface area contributed by atoms with E-state index in [1.165, 1.54) is 12.1 Å². The Morgan fingerprint density at radius 3 is 1.60 bits per heavy atom. The molecule has 0 spiro atoms. The molecule has 0 fully saturated rings. The normalized spacial score (nSPS) is 11.4. The van der Waals surface area contributed by atoms with E-state index < -0.39 is 11.7 Å². The number of alkyl halides is 3. The zero-order chi connectivity index (χ0) is 36.4. The molecule has 1 aliphatic rings. The molecule has 3 nitrogen and oxygen atoms in total. The zero-order valence-electron chi connectivity index (χ0n) is 27.8. The van der Waals surface area contributed by atoms with Gasteiger partial charge in [-0.15, -0.1) is 0 Å². The van der Waals surface area contributed by atoms with Crippen LogP contribution in [-0.4, -0.2) is 6.79 Å². The van der Waals surface area contributed by atoms with E-state index in [1.807, 2.05) is 84.9 Å². The molecule has 250 valence electrons. The van der Waals surface area contributed by atoms with Crippen molar-refractivity contribution in [2.45, 2.75) is 6.18 Å². The molecule has 0 atom stereocenters. The highest BCUT2D eigenvalue weighted by atomic mass is 19.4. The fourth-order valence-electron chi connectivity index (χ4n) is 6.24. The lowest BCUT2D eigenvalue weighted by atomic mass is 9.88. The van der Waals surface area contributed by atoms with Gasteiger partial charge in [-0.3, -0.25) is 0 Å². The summed E-state index contributed by atoms with van der Waals surface area (Å²) >= 11 is 0. The van der Waals surface area contributed by atoms with Gasteiger partial charge in [0, 0.05) is 33.4 Å². The van der Waals surface area contributed by atoms with Crippen molar-refractivity contribution in [2.75, 3.05) is 6.79 Å². The maximum atomic E-state index is 13.1. The summed E-state index contributed by atoms with van der Waals surface area (Å²) in [6.07, 6.45) is -4.42. The second-order valence-corrected chi connectivity index (χ2v) is 12.2. The summed E-state index contributed by atoms with van der Waals surface area (Å²) in [6.45, 7) is -0.0773. The molecule has 7 aromatic carbocycles. The number of fused-ring (bicyclic) bond motifs is 7. The van der Waals surface area contributed by atoms with Crippen LogP contribution in [0.25, 0.3) is 32.7 Å². The van der Waals surface area contributed by atoms with E-state index in [-0.39, 0.29) is 6.79 Å². The molecule has 8 rings (SSSR count). The molecule has 0 aromatic heterocycles. The highest BCUT2D eigenvalue weighted by Gasteiger charge is 2.30. The molecule has 0 saturated carbocycles. The van der Waals surface area contributed by atoms with Gasteiger partial charge in [0.1, 0.15) is 11.5 Å². The molecule has 0 saturated heterocycles. The van der Waals surface area contributed by atoms with Crippen molar-refractivity contribution >= 4 is 21.5 Å². The van der Waals surface area contributed by atoms with E-state index in [4.69, 9.17) is 9.47 Å². The molecule has 6 heteroatoms. The molecular formula is C47H24F3NO2. The number of rotatable bonds is 0. The molecule has 1 aliphatic heterocycles. The second-order valence-electron chi connectivity index (χ2n) is 12.2. The lowest BCUT2D eigenvalue weighted by Gasteiger charge is -2.16. The van der Waals surface area contributed by atoms with Crippen LogP contribution in [0.1, 0.15) is 44.5 Å². The standard InChI is InChI=1S/C47H24F3NO2/c48-47(49,50)40-23-18-33(19-24-40)10-13-34-20-25-42-39(26-34)28-38(22-17-32-11-14-35(29-51)15-12-32)46-44(42)43-41-9-5-4-8-36(41)27-37(45(43)52-30-53-46)21-16-31-6-2-1-3-7-31/h1-9,11-12,14-15,18-20,23-28H,30H2. The van der Waals surface area contributed by atoms with E-state index >= 15 is 0 Å². The minimum atomic E-state index is -4.42. The van der Waals surface area contributed by atoms with Crippen LogP contribution in [0.15, 0.2) is 133 Å². The van der Waals surface area contributed by atoms with Crippen LogP contribution < -0.4 is 9.47 Å². The van der Waals surface area contributed by atoms with Crippen molar-refractivity contribution in [2.24, 2.45) is 0 Å². The third-order valence-corrected chi connectivity index (χ3v) is 8.78. The fourth-order valence-corrected chi connectivity index (χ4v) is 6.24. The molecule has 0 bridgehead atoms. The third-order valence-electron chi connectivity index (χ3n) is 8.78. The monoisotopic (exact) mass is 691 g/mol. The number of benzene rings is 7. The Bertz CT molecular complexity index is 2800. The molecule has 0 N–H and O–H groups in total. The molecule has 0 amide bonds. The van der Waals surface area contributed by atoms with Crippen molar-refractivity contribution in [1.29, 1.82) is 5.26 Å². The van der Waals surface area contributed by atoms with Gasteiger partial charge in [-0.25, -0.2) is 0 Å². The van der Waals surface area contributed by atoms with Gasteiger partial charge < -0.3 is 9.47 Å². The molecule has 7 aromatic rings. The fraction of sp³-hybridized carbons (Fsp3) is 0.0426. The van der Waals surface area contributed by atoms with Crippen LogP contribution >= 0.6 is 0 Å². The van der Waals surface area contributed by atoms with Gasteiger partial charge in [0.15, 0.2) is 0 Å². The van der Waals surface area contributed by atoms with E-state index in [1.54, 1.807) is 24.3 Å². The van der Waals surface area contributed by atoms with E-state index in [0.717, 1.165) is 55.9 Å². The van der Waals surface area contributed by atoms with E-state index in [0.29, 0.717) is 39.3 Å². The lowest BCUT2D eigenvalue weighted by Crippen LogP contribution is -2.05.